The first-order valence-electron chi connectivity index (χ1n) is 9.42. The molecule has 1 aliphatic heterocycles. The summed E-state index contributed by atoms with van der Waals surface area (Å²) in [5.74, 6) is 1.12. The standard InChI is InChI=1S/C19H22N6O2S/c1-4-14-18(28-24-22-14)19(26)25-8-5-13(10-25)9-15-17(21-7-6-20-15)16-11(2)23-27-12(16)3/h6-7,13H,4-5,8-10H2,1-3H3/t13-/m0/s1. The van der Waals surface area contributed by atoms with Gasteiger partial charge in [0.05, 0.1) is 28.3 Å². The third-order valence-electron chi connectivity index (χ3n) is 5.18. The van der Waals surface area contributed by atoms with Crippen LogP contribution in [0.5, 0.6) is 0 Å². The quantitative estimate of drug-likeness (QED) is 0.652. The van der Waals surface area contributed by atoms with Gasteiger partial charge in [-0.15, -0.1) is 5.10 Å². The molecule has 1 fully saturated rings. The minimum Gasteiger partial charge on any atom is -0.361 e. The van der Waals surface area contributed by atoms with Gasteiger partial charge < -0.3 is 9.42 Å². The zero-order chi connectivity index (χ0) is 19.7. The van der Waals surface area contributed by atoms with Gasteiger partial charge in [-0.25, -0.2) is 0 Å². The van der Waals surface area contributed by atoms with Gasteiger partial charge >= 0.3 is 0 Å². The number of carbonyl (C=O) groups excluding carboxylic acids is 1. The molecule has 0 radical (unpaired) electrons. The predicted molar refractivity (Wildman–Crippen MR) is 104 cm³/mol. The van der Waals surface area contributed by atoms with Crippen LogP contribution in [0.4, 0.5) is 0 Å². The molecule has 28 heavy (non-hydrogen) atoms. The fourth-order valence-electron chi connectivity index (χ4n) is 3.75. The summed E-state index contributed by atoms with van der Waals surface area (Å²) < 4.78 is 9.24. The molecule has 0 bridgehead atoms. The van der Waals surface area contributed by atoms with Gasteiger partial charge in [0.1, 0.15) is 10.6 Å². The van der Waals surface area contributed by atoms with Crippen LogP contribution in [0.25, 0.3) is 11.3 Å². The van der Waals surface area contributed by atoms with Gasteiger partial charge in [-0.3, -0.25) is 14.8 Å². The maximum atomic E-state index is 12.8. The SMILES string of the molecule is CCc1nnsc1C(=O)N1CC[C@@H](Cc2nccnc2-c2c(C)noc2C)C1. The van der Waals surface area contributed by atoms with Crippen LogP contribution in [-0.2, 0) is 12.8 Å². The van der Waals surface area contributed by atoms with Gasteiger partial charge in [-0.05, 0) is 50.6 Å². The molecule has 3 aromatic heterocycles. The van der Waals surface area contributed by atoms with Crippen LogP contribution in [0.15, 0.2) is 16.9 Å². The van der Waals surface area contributed by atoms with Crippen molar-refractivity contribution in [1.82, 2.24) is 29.6 Å². The third-order valence-corrected chi connectivity index (χ3v) is 5.94. The van der Waals surface area contributed by atoms with Crippen LogP contribution >= 0.6 is 11.5 Å². The number of amides is 1. The van der Waals surface area contributed by atoms with Crippen molar-refractivity contribution in [3.05, 3.63) is 40.1 Å². The molecule has 3 aromatic rings. The van der Waals surface area contributed by atoms with Crippen LogP contribution in [0.1, 0.15) is 45.9 Å². The van der Waals surface area contributed by atoms with Gasteiger partial charge in [-0.2, -0.15) is 0 Å². The first kappa shape index (κ1) is 18.7. The van der Waals surface area contributed by atoms with Gasteiger partial charge in [0.25, 0.3) is 5.91 Å². The summed E-state index contributed by atoms with van der Waals surface area (Å²) in [6.07, 6.45) is 5.83. The Morgan fingerprint density at radius 2 is 2.11 bits per heavy atom. The molecule has 4 rings (SSSR count). The minimum atomic E-state index is 0.0412. The third kappa shape index (κ3) is 3.42. The molecule has 0 aliphatic carbocycles. The Morgan fingerprint density at radius 3 is 2.86 bits per heavy atom. The topological polar surface area (TPSA) is 97.9 Å². The largest absolute Gasteiger partial charge is 0.361 e. The number of aromatic nitrogens is 5. The lowest BCUT2D eigenvalue weighted by Gasteiger charge is -2.16. The molecule has 0 unspecified atom stereocenters. The van der Waals surface area contributed by atoms with E-state index in [1.165, 1.54) is 11.5 Å². The summed E-state index contributed by atoms with van der Waals surface area (Å²) in [4.78, 5) is 24.5. The molecular formula is C19H22N6O2S. The normalized spacial score (nSPS) is 16.7. The highest BCUT2D eigenvalue weighted by Gasteiger charge is 2.30. The van der Waals surface area contributed by atoms with E-state index in [4.69, 9.17) is 4.52 Å². The lowest BCUT2D eigenvalue weighted by Crippen LogP contribution is -2.29. The zero-order valence-electron chi connectivity index (χ0n) is 16.2. The summed E-state index contributed by atoms with van der Waals surface area (Å²) in [6, 6.07) is 0. The van der Waals surface area contributed by atoms with E-state index in [-0.39, 0.29) is 5.91 Å². The van der Waals surface area contributed by atoms with Gasteiger partial charge in [0.15, 0.2) is 0 Å². The highest BCUT2D eigenvalue weighted by molar-refractivity contribution is 7.08. The Morgan fingerprint density at radius 1 is 1.29 bits per heavy atom. The Kier molecular flexibility index (Phi) is 5.17. The number of hydrogen-bond acceptors (Lipinski definition) is 8. The average molecular weight is 398 g/mol. The smallest absolute Gasteiger partial charge is 0.267 e. The van der Waals surface area contributed by atoms with Crippen LogP contribution in [0.3, 0.4) is 0 Å². The molecule has 9 heteroatoms. The summed E-state index contributed by atoms with van der Waals surface area (Å²) >= 11 is 1.19. The molecule has 146 valence electrons. The Bertz CT molecular complexity index is 978. The van der Waals surface area contributed by atoms with Crippen LogP contribution < -0.4 is 0 Å². The number of aryl methyl sites for hydroxylation is 3. The van der Waals surface area contributed by atoms with E-state index in [0.29, 0.717) is 17.3 Å². The van der Waals surface area contributed by atoms with Crippen molar-refractivity contribution in [3.63, 3.8) is 0 Å². The lowest BCUT2D eigenvalue weighted by atomic mass is 9.98. The summed E-state index contributed by atoms with van der Waals surface area (Å²) in [6.45, 7) is 7.24. The van der Waals surface area contributed by atoms with Crippen LogP contribution in [0, 0.1) is 19.8 Å². The van der Waals surface area contributed by atoms with Crippen molar-refractivity contribution < 1.29 is 9.32 Å². The second kappa shape index (κ2) is 7.75. The second-order valence-electron chi connectivity index (χ2n) is 7.06. The molecule has 1 aliphatic rings. The van der Waals surface area contributed by atoms with E-state index in [0.717, 1.165) is 59.9 Å². The van der Waals surface area contributed by atoms with Crippen molar-refractivity contribution in [2.24, 2.45) is 5.92 Å². The van der Waals surface area contributed by atoms with E-state index >= 15 is 0 Å². The highest BCUT2D eigenvalue weighted by Crippen LogP contribution is 2.30. The van der Waals surface area contributed by atoms with E-state index in [1.807, 2.05) is 25.7 Å². The molecular weight excluding hydrogens is 376 g/mol. The summed E-state index contributed by atoms with van der Waals surface area (Å²) in [7, 11) is 0. The van der Waals surface area contributed by atoms with Gasteiger partial charge in [-0.1, -0.05) is 16.6 Å². The fourth-order valence-corrected chi connectivity index (χ4v) is 4.47. The first-order chi connectivity index (χ1) is 13.6. The highest BCUT2D eigenvalue weighted by atomic mass is 32.1. The monoisotopic (exact) mass is 398 g/mol. The number of nitrogens with zero attached hydrogens (tertiary/aromatic N) is 6. The van der Waals surface area contributed by atoms with Crippen LogP contribution in [-0.4, -0.2) is 48.6 Å². The Labute approximate surface area is 167 Å². The molecule has 0 N–H and O–H groups in total. The molecule has 1 amide bonds. The molecule has 0 aromatic carbocycles. The molecule has 4 heterocycles. The maximum absolute atomic E-state index is 12.8. The first-order valence-corrected chi connectivity index (χ1v) is 10.2. The molecule has 0 saturated carbocycles. The van der Waals surface area contributed by atoms with E-state index in [1.54, 1.807) is 12.4 Å². The summed E-state index contributed by atoms with van der Waals surface area (Å²) in [5.41, 5.74) is 4.26. The van der Waals surface area contributed by atoms with Crippen LogP contribution in [0.2, 0.25) is 0 Å². The van der Waals surface area contributed by atoms with Crippen molar-refractivity contribution in [2.75, 3.05) is 13.1 Å². The average Bonchev–Trinajstić information content (AvgIpc) is 3.42. The van der Waals surface area contributed by atoms with E-state index in [9.17, 15) is 4.79 Å². The number of hydrogen-bond donors (Lipinski definition) is 0. The van der Waals surface area contributed by atoms with Gasteiger partial charge in [0, 0.05) is 25.5 Å². The number of carbonyl (C=O) groups is 1. The van der Waals surface area contributed by atoms with Crippen molar-refractivity contribution in [2.45, 2.75) is 40.0 Å². The second-order valence-corrected chi connectivity index (χ2v) is 7.82. The maximum Gasteiger partial charge on any atom is 0.267 e. The molecule has 8 nitrogen and oxygen atoms in total. The van der Waals surface area contributed by atoms with Crippen molar-refractivity contribution in [1.29, 1.82) is 0 Å². The molecule has 1 saturated heterocycles. The minimum absolute atomic E-state index is 0.0412. The zero-order valence-corrected chi connectivity index (χ0v) is 17.0. The predicted octanol–water partition coefficient (Wildman–Crippen LogP) is 2.87. The Balaban J connectivity index is 1.51. The van der Waals surface area contributed by atoms with E-state index in [2.05, 4.69) is 24.7 Å². The molecule has 1 atom stereocenters. The lowest BCUT2D eigenvalue weighted by molar-refractivity contribution is 0.0790. The number of likely N-dealkylation sites (tertiary alicyclic amines) is 1. The van der Waals surface area contributed by atoms with Gasteiger partial charge in [0.2, 0.25) is 0 Å². The summed E-state index contributed by atoms with van der Waals surface area (Å²) in [5, 5.41) is 8.10. The molecule has 0 spiro atoms. The number of rotatable bonds is 5. The fraction of sp³-hybridized carbons (Fsp3) is 0.474. The van der Waals surface area contributed by atoms with Crippen molar-refractivity contribution in [3.8, 4) is 11.3 Å². The van der Waals surface area contributed by atoms with Crippen molar-refractivity contribution >= 4 is 17.4 Å². The Hall–Kier alpha value is -2.68. The van der Waals surface area contributed by atoms with E-state index < -0.39 is 0 Å².